The van der Waals surface area contributed by atoms with Crippen molar-refractivity contribution in [3.63, 3.8) is 0 Å². The molecule has 0 bridgehead atoms. The summed E-state index contributed by atoms with van der Waals surface area (Å²) in [6.45, 7) is 3.00. The number of hydrogen-bond donors (Lipinski definition) is 0. The highest BCUT2D eigenvalue weighted by Gasteiger charge is 1.92. The van der Waals surface area contributed by atoms with Crippen LogP contribution in [0.15, 0.2) is 12.4 Å². The van der Waals surface area contributed by atoms with Crippen LogP contribution < -0.4 is 4.89 Å². The average Bonchev–Trinajstić information content (AvgIpc) is 1.68. The Labute approximate surface area is 42.2 Å². The van der Waals surface area contributed by atoms with E-state index in [-0.39, 0.29) is 0 Å². The van der Waals surface area contributed by atoms with Crippen LogP contribution in [-0.2, 0) is 9.09 Å². The summed E-state index contributed by atoms with van der Waals surface area (Å²) in [7, 11) is -2.55. The fourth-order valence-electron chi connectivity index (χ4n) is 0.0745. The topological polar surface area (TPSA) is 49.4 Å². The molecule has 1 atom stereocenters. The molecule has 0 saturated carbocycles. The van der Waals surface area contributed by atoms with Gasteiger partial charge in [-0.15, -0.1) is 0 Å². The van der Waals surface area contributed by atoms with Crippen LogP contribution in [0.2, 0.25) is 0 Å². The molecule has 0 amide bonds. The normalized spacial score (nSPS) is 18.0. The summed E-state index contributed by atoms with van der Waals surface area (Å²) in [6.07, 6.45) is 0. The SMILES string of the molecule is C=CP(=O)([O-])OC. The largest absolute Gasteiger partial charge is 0.775 e. The van der Waals surface area contributed by atoms with E-state index in [4.69, 9.17) is 0 Å². The minimum absolute atomic E-state index is 0.771. The lowest BCUT2D eigenvalue weighted by Crippen LogP contribution is -1.97. The zero-order valence-corrected chi connectivity index (χ0v) is 4.85. The molecular weight excluding hydrogens is 115 g/mol. The summed E-state index contributed by atoms with van der Waals surface area (Å²) in [6, 6.07) is 0. The summed E-state index contributed by atoms with van der Waals surface area (Å²) in [5, 5.41) is 0. The van der Waals surface area contributed by atoms with Crippen molar-refractivity contribution in [3.8, 4) is 0 Å². The van der Waals surface area contributed by atoms with Crippen molar-refractivity contribution in [3.05, 3.63) is 12.4 Å². The third kappa shape index (κ3) is 2.57. The van der Waals surface area contributed by atoms with Gasteiger partial charge >= 0.3 is 0 Å². The second-order valence-electron chi connectivity index (χ2n) is 0.905. The van der Waals surface area contributed by atoms with Crippen LogP contribution in [0.1, 0.15) is 0 Å². The lowest BCUT2D eigenvalue weighted by atomic mass is 11.3. The van der Waals surface area contributed by atoms with E-state index in [1.54, 1.807) is 0 Å². The van der Waals surface area contributed by atoms with Gasteiger partial charge in [-0.05, 0) is 5.82 Å². The Morgan fingerprint density at radius 2 is 2.43 bits per heavy atom. The molecule has 0 rings (SSSR count). The van der Waals surface area contributed by atoms with Gasteiger partial charge in [0.05, 0.1) is 0 Å². The van der Waals surface area contributed by atoms with Crippen LogP contribution >= 0.6 is 7.60 Å². The first kappa shape index (κ1) is 6.89. The maximum Gasteiger partial charge on any atom is 0.157 e. The van der Waals surface area contributed by atoms with E-state index < -0.39 is 7.60 Å². The predicted octanol–water partition coefficient (Wildman–Crippen LogP) is 0.330. The van der Waals surface area contributed by atoms with Crippen LogP contribution in [0.5, 0.6) is 0 Å². The van der Waals surface area contributed by atoms with Gasteiger partial charge in [0.15, 0.2) is 7.60 Å². The van der Waals surface area contributed by atoms with E-state index >= 15 is 0 Å². The predicted molar refractivity (Wildman–Crippen MR) is 24.8 cm³/mol. The van der Waals surface area contributed by atoms with Crippen molar-refractivity contribution < 1.29 is 14.0 Å². The van der Waals surface area contributed by atoms with Gasteiger partial charge in [-0.1, -0.05) is 6.58 Å². The summed E-state index contributed by atoms with van der Waals surface area (Å²) in [4.78, 5) is 10.1. The molecule has 0 aliphatic rings. The zero-order chi connectivity index (χ0) is 5.91. The molecule has 0 radical (unpaired) electrons. The van der Waals surface area contributed by atoms with Crippen molar-refractivity contribution in [1.82, 2.24) is 0 Å². The van der Waals surface area contributed by atoms with Crippen LogP contribution in [0.25, 0.3) is 0 Å². The molecule has 0 heterocycles. The molecule has 7 heavy (non-hydrogen) atoms. The first-order valence-corrected chi connectivity index (χ1v) is 3.23. The van der Waals surface area contributed by atoms with Gasteiger partial charge in [0.1, 0.15) is 0 Å². The fourth-order valence-corrected chi connectivity index (χ4v) is 0.224. The van der Waals surface area contributed by atoms with Crippen molar-refractivity contribution in [2.45, 2.75) is 0 Å². The average molecular weight is 121 g/mol. The Kier molecular flexibility index (Phi) is 2.23. The third-order valence-corrected chi connectivity index (χ3v) is 1.43. The standard InChI is InChI=1S/C3H7O3P/c1-3-7(4,5)6-2/h3H,1H2,2H3,(H,4,5)/p-1. The summed E-state index contributed by atoms with van der Waals surface area (Å²) < 4.78 is 14.0. The second-order valence-corrected chi connectivity index (χ2v) is 2.71. The van der Waals surface area contributed by atoms with Crippen molar-refractivity contribution in [1.29, 1.82) is 0 Å². The molecule has 0 aromatic carbocycles. The highest BCUT2D eigenvalue weighted by Crippen LogP contribution is 2.35. The molecule has 0 N–H and O–H groups in total. The molecule has 3 nitrogen and oxygen atoms in total. The van der Waals surface area contributed by atoms with E-state index in [9.17, 15) is 9.46 Å². The lowest BCUT2D eigenvalue weighted by molar-refractivity contribution is -0.192. The van der Waals surface area contributed by atoms with Crippen molar-refractivity contribution in [2.75, 3.05) is 7.11 Å². The van der Waals surface area contributed by atoms with Crippen LogP contribution in [0.3, 0.4) is 0 Å². The molecule has 4 heteroatoms. The highest BCUT2D eigenvalue weighted by molar-refractivity contribution is 7.54. The minimum atomic E-state index is -3.64. The van der Waals surface area contributed by atoms with Crippen molar-refractivity contribution >= 4 is 7.60 Å². The fraction of sp³-hybridized carbons (Fsp3) is 0.333. The molecule has 1 unspecified atom stereocenters. The van der Waals surface area contributed by atoms with Gasteiger partial charge in [0, 0.05) is 7.11 Å². The molecule has 0 aliphatic heterocycles. The zero-order valence-electron chi connectivity index (χ0n) is 3.96. The van der Waals surface area contributed by atoms with Gasteiger partial charge < -0.3 is 14.0 Å². The first-order chi connectivity index (χ1) is 3.12. The quantitative estimate of drug-likeness (QED) is 0.494. The van der Waals surface area contributed by atoms with E-state index in [2.05, 4.69) is 11.1 Å². The summed E-state index contributed by atoms with van der Waals surface area (Å²) in [5.74, 6) is 0.771. The van der Waals surface area contributed by atoms with Gasteiger partial charge in [-0.25, -0.2) is 0 Å². The number of rotatable bonds is 2. The van der Waals surface area contributed by atoms with E-state index in [0.717, 1.165) is 12.9 Å². The minimum Gasteiger partial charge on any atom is -0.775 e. The van der Waals surface area contributed by atoms with E-state index in [1.165, 1.54) is 0 Å². The second kappa shape index (κ2) is 2.26. The molecule has 0 aromatic heterocycles. The number of hydrogen-bond acceptors (Lipinski definition) is 3. The molecule has 42 valence electrons. The molecular formula is C3H6O3P-. The van der Waals surface area contributed by atoms with Crippen LogP contribution in [0.4, 0.5) is 0 Å². The van der Waals surface area contributed by atoms with Gasteiger partial charge in [-0.3, -0.25) is 0 Å². The maximum absolute atomic E-state index is 10.1. The third-order valence-electron chi connectivity index (χ3n) is 0.478. The molecule has 0 aromatic rings. The van der Waals surface area contributed by atoms with Crippen molar-refractivity contribution in [2.24, 2.45) is 0 Å². The van der Waals surface area contributed by atoms with E-state index in [0.29, 0.717) is 0 Å². The first-order valence-electron chi connectivity index (χ1n) is 1.62. The Hall–Kier alpha value is -0.110. The smallest absolute Gasteiger partial charge is 0.157 e. The van der Waals surface area contributed by atoms with Crippen LogP contribution in [0, 0.1) is 0 Å². The molecule has 0 spiro atoms. The Balaban J connectivity index is 3.85. The Morgan fingerprint density at radius 3 is 2.43 bits per heavy atom. The Morgan fingerprint density at radius 1 is 2.00 bits per heavy atom. The highest BCUT2D eigenvalue weighted by atomic mass is 31.2. The van der Waals surface area contributed by atoms with Gasteiger partial charge in [-0.2, -0.15) is 0 Å². The lowest BCUT2D eigenvalue weighted by Gasteiger charge is -2.13. The van der Waals surface area contributed by atoms with E-state index in [1.807, 2.05) is 0 Å². The van der Waals surface area contributed by atoms with Gasteiger partial charge in [0.2, 0.25) is 0 Å². The summed E-state index contributed by atoms with van der Waals surface area (Å²) >= 11 is 0. The summed E-state index contributed by atoms with van der Waals surface area (Å²) in [5.41, 5.74) is 0. The molecule has 0 aliphatic carbocycles. The molecule has 0 fully saturated rings. The Bertz CT molecular complexity index is 109. The maximum atomic E-state index is 10.1. The van der Waals surface area contributed by atoms with Gasteiger partial charge in [0.25, 0.3) is 0 Å². The molecule has 0 saturated heterocycles. The monoisotopic (exact) mass is 121 g/mol. The van der Waals surface area contributed by atoms with Crippen LogP contribution in [-0.4, -0.2) is 7.11 Å².